The summed E-state index contributed by atoms with van der Waals surface area (Å²) in [5.41, 5.74) is 0. The maximum absolute atomic E-state index is 3.78. The van der Waals surface area contributed by atoms with Gasteiger partial charge in [0.25, 0.3) is 0 Å². The third-order valence-corrected chi connectivity index (χ3v) is 2.23. The van der Waals surface area contributed by atoms with Gasteiger partial charge in [0.2, 0.25) is 0 Å². The maximum Gasteiger partial charge on any atom is -0.0325 e. The molecule has 0 amide bonds. The Hall–Kier alpha value is -0.260. The monoisotopic (exact) mass is 154 g/mol. The van der Waals surface area contributed by atoms with Gasteiger partial charge in [0.15, 0.2) is 0 Å². The van der Waals surface area contributed by atoms with Gasteiger partial charge in [-0.15, -0.1) is 6.58 Å². The summed E-state index contributed by atoms with van der Waals surface area (Å²) in [5.74, 6) is 1.74. The summed E-state index contributed by atoms with van der Waals surface area (Å²) in [4.78, 5) is 0. The van der Waals surface area contributed by atoms with Crippen molar-refractivity contribution in [2.24, 2.45) is 11.8 Å². The van der Waals surface area contributed by atoms with E-state index in [4.69, 9.17) is 0 Å². The van der Waals surface area contributed by atoms with Crippen LogP contribution >= 0.6 is 0 Å². The third-order valence-electron chi connectivity index (χ3n) is 2.23. The fourth-order valence-corrected chi connectivity index (χ4v) is 1.29. The van der Waals surface area contributed by atoms with E-state index in [-0.39, 0.29) is 0 Å². The van der Waals surface area contributed by atoms with Gasteiger partial charge in [0.05, 0.1) is 0 Å². The van der Waals surface area contributed by atoms with Gasteiger partial charge in [-0.05, 0) is 24.7 Å². The van der Waals surface area contributed by atoms with Crippen LogP contribution in [0.25, 0.3) is 0 Å². The Balaban J connectivity index is 3.43. The number of allylic oxidation sites excluding steroid dienone is 1. The lowest BCUT2D eigenvalue weighted by molar-refractivity contribution is 0.416. The molecule has 1 unspecified atom stereocenters. The first-order chi connectivity index (χ1) is 5.20. The molecule has 0 bridgehead atoms. The van der Waals surface area contributed by atoms with E-state index in [0.717, 1.165) is 11.8 Å². The molecule has 66 valence electrons. The Morgan fingerprint density at radius 2 is 1.91 bits per heavy atom. The van der Waals surface area contributed by atoms with Crippen LogP contribution in [0.2, 0.25) is 0 Å². The van der Waals surface area contributed by atoms with Crippen LogP contribution in [0.1, 0.15) is 46.5 Å². The zero-order chi connectivity index (χ0) is 8.69. The van der Waals surface area contributed by atoms with E-state index >= 15 is 0 Å². The van der Waals surface area contributed by atoms with Crippen LogP contribution in [-0.2, 0) is 0 Å². The smallest absolute Gasteiger partial charge is 0.0325 e. The van der Waals surface area contributed by atoms with E-state index in [1.165, 1.54) is 25.7 Å². The minimum absolute atomic E-state index is 0.855. The van der Waals surface area contributed by atoms with Crippen molar-refractivity contribution >= 4 is 0 Å². The Morgan fingerprint density at radius 3 is 2.27 bits per heavy atom. The van der Waals surface area contributed by atoms with Crippen molar-refractivity contribution in [3.8, 4) is 0 Å². The van der Waals surface area contributed by atoms with Crippen LogP contribution in [0.5, 0.6) is 0 Å². The molecule has 0 aromatic heterocycles. The first kappa shape index (κ1) is 10.7. The van der Waals surface area contributed by atoms with Gasteiger partial charge in [-0.2, -0.15) is 0 Å². The minimum atomic E-state index is 0.855. The lowest BCUT2D eigenvalue weighted by Crippen LogP contribution is -1.99. The van der Waals surface area contributed by atoms with Gasteiger partial charge in [0, 0.05) is 0 Å². The predicted molar refractivity (Wildman–Crippen MR) is 52.7 cm³/mol. The molecule has 0 aliphatic carbocycles. The molecule has 11 heavy (non-hydrogen) atoms. The van der Waals surface area contributed by atoms with Crippen LogP contribution in [0.15, 0.2) is 12.7 Å². The fourth-order valence-electron chi connectivity index (χ4n) is 1.29. The molecule has 0 aromatic rings. The summed E-state index contributed by atoms with van der Waals surface area (Å²) in [6.45, 7) is 10.6. The van der Waals surface area contributed by atoms with Crippen molar-refractivity contribution in [3.05, 3.63) is 12.7 Å². The van der Waals surface area contributed by atoms with Crippen molar-refractivity contribution in [2.45, 2.75) is 46.5 Å². The zero-order valence-corrected chi connectivity index (χ0v) is 8.27. The summed E-state index contributed by atoms with van der Waals surface area (Å²) >= 11 is 0. The van der Waals surface area contributed by atoms with Crippen LogP contribution in [0.3, 0.4) is 0 Å². The molecule has 0 radical (unpaired) electrons. The Bertz CT molecular complexity index is 92.2. The molecule has 1 atom stereocenters. The van der Waals surface area contributed by atoms with Crippen molar-refractivity contribution in [1.82, 2.24) is 0 Å². The Kier molecular flexibility index (Phi) is 6.30. The molecule has 0 fully saturated rings. The van der Waals surface area contributed by atoms with Gasteiger partial charge in [-0.25, -0.2) is 0 Å². The largest absolute Gasteiger partial charge is 0.103 e. The lowest BCUT2D eigenvalue weighted by atomic mass is 9.93. The van der Waals surface area contributed by atoms with E-state index in [1.807, 2.05) is 0 Å². The molecule has 0 spiro atoms. The average molecular weight is 154 g/mol. The molecule has 0 aromatic carbocycles. The lowest BCUT2D eigenvalue weighted by Gasteiger charge is -2.13. The van der Waals surface area contributed by atoms with Crippen molar-refractivity contribution in [1.29, 1.82) is 0 Å². The molecule has 0 rings (SSSR count). The summed E-state index contributed by atoms with van der Waals surface area (Å²) < 4.78 is 0. The van der Waals surface area contributed by atoms with Crippen molar-refractivity contribution < 1.29 is 0 Å². The predicted octanol–water partition coefficient (Wildman–Crippen LogP) is 4.02. The van der Waals surface area contributed by atoms with Gasteiger partial charge in [0.1, 0.15) is 0 Å². The van der Waals surface area contributed by atoms with Crippen LogP contribution in [-0.4, -0.2) is 0 Å². The van der Waals surface area contributed by atoms with Gasteiger partial charge < -0.3 is 0 Å². The van der Waals surface area contributed by atoms with Gasteiger partial charge in [-0.1, -0.05) is 39.7 Å². The van der Waals surface area contributed by atoms with E-state index < -0.39 is 0 Å². The van der Waals surface area contributed by atoms with Crippen molar-refractivity contribution in [3.63, 3.8) is 0 Å². The van der Waals surface area contributed by atoms with E-state index in [2.05, 4.69) is 33.4 Å². The second-order valence-electron chi connectivity index (χ2n) is 3.77. The van der Waals surface area contributed by atoms with Gasteiger partial charge in [-0.3, -0.25) is 0 Å². The van der Waals surface area contributed by atoms with Crippen LogP contribution in [0, 0.1) is 11.8 Å². The first-order valence-corrected chi connectivity index (χ1v) is 4.81. The topological polar surface area (TPSA) is 0 Å². The summed E-state index contributed by atoms with van der Waals surface area (Å²) in [5, 5.41) is 0. The minimum Gasteiger partial charge on any atom is -0.103 e. The third kappa shape index (κ3) is 6.15. The maximum atomic E-state index is 3.78. The molecular formula is C11H22. The van der Waals surface area contributed by atoms with Gasteiger partial charge >= 0.3 is 0 Å². The summed E-state index contributed by atoms with van der Waals surface area (Å²) in [6, 6.07) is 0. The SMILES string of the molecule is C=CCC(CC)CCC(C)C. The number of rotatable bonds is 6. The van der Waals surface area contributed by atoms with E-state index in [1.54, 1.807) is 0 Å². The van der Waals surface area contributed by atoms with E-state index in [0.29, 0.717) is 0 Å². The molecular weight excluding hydrogens is 132 g/mol. The summed E-state index contributed by atoms with van der Waals surface area (Å²) in [6.07, 6.45) is 7.29. The second kappa shape index (κ2) is 6.45. The molecule has 0 saturated carbocycles. The van der Waals surface area contributed by atoms with Crippen LogP contribution in [0.4, 0.5) is 0 Å². The fraction of sp³-hybridized carbons (Fsp3) is 0.818. The second-order valence-corrected chi connectivity index (χ2v) is 3.77. The Labute approximate surface area is 71.7 Å². The highest BCUT2D eigenvalue weighted by atomic mass is 14.1. The molecule has 0 heterocycles. The van der Waals surface area contributed by atoms with E-state index in [9.17, 15) is 0 Å². The molecule has 0 N–H and O–H groups in total. The average Bonchev–Trinajstić information content (AvgIpc) is 1.97. The first-order valence-electron chi connectivity index (χ1n) is 4.81. The van der Waals surface area contributed by atoms with Crippen molar-refractivity contribution in [2.75, 3.05) is 0 Å². The molecule has 0 nitrogen and oxygen atoms in total. The molecule has 0 aliphatic heterocycles. The number of hydrogen-bond acceptors (Lipinski definition) is 0. The highest BCUT2D eigenvalue weighted by Gasteiger charge is 2.04. The van der Waals surface area contributed by atoms with Crippen LogP contribution < -0.4 is 0 Å². The molecule has 0 aliphatic rings. The quantitative estimate of drug-likeness (QED) is 0.507. The summed E-state index contributed by atoms with van der Waals surface area (Å²) in [7, 11) is 0. The Morgan fingerprint density at radius 1 is 1.27 bits per heavy atom. The zero-order valence-electron chi connectivity index (χ0n) is 8.27. The normalized spacial score (nSPS) is 13.5. The highest BCUT2D eigenvalue weighted by molar-refractivity contribution is 4.72. The highest BCUT2D eigenvalue weighted by Crippen LogP contribution is 2.18. The number of hydrogen-bond donors (Lipinski definition) is 0. The molecule has 0 heteroatoms. The standard InChI is InChI=1S/C11H22/c1-5-7-11(6-2)9-8-10(3)4/h5,10-11H,1,6-9H2,2-4H3. The molecule has 0 saturated heterocycles.